The molecule has 0 fully saturated rings. The zero-order valence-corrected chi connectivity index (χ0v) is 22.3. The van der Waals surface area contributed by atoms with Gasteiger partial charge in [0, 0.05) is 31.6 Å². The maximum Gasteiger partial charge on any atom is 0.242 e. The minimum atomic E-state index is -3.65. The van der Waals surface area contributed by atoms with Crippen LogP contribution in [0.1, 0.15) is 39.2 Å². The molecule has 0 saturated heterocycles. The smallest absolute Gasteiger partial charge is 0.242 e. The van der Waals surface area contributed by atoms with Crippen molar-refractivity contribution in [1.29, 1.82) is 0 Å². The number of carbonyl (C=O) groups is 2. The van der Waals surface area contributed by atoms with Crippen molar-refractivity contribution in [3.8, 4) is 5.75 Å². The highest BCUT2D eigenvalue weighted by Gasteiger charge is 2.27. The van der Waals surface area contributed by atoms with Crippen LogP contribution in [0.5, 0.6) is 5.75 Å². The fourth-order valence-electron chi connectivity index (χ4n) is 3.66. The van der Waals surface area contributed by atoms with Crippen LogP contribution in [0.15, 0.2) is 48.5 Å². The Labute approximate surface area is 213 Å². The molecule has 0 spiro atoms. The number of nitrogens with zero attached hydrogens (tertiary/aromatic N) is 2. The zero-order valence-electron chi connectivity index (χ0n) is 21.5. The Balaban J connectivity index is 2.20. The second-order valence-corrected chi connectivity index (χ2v) is 10.9. The number of hydrogen-bond acceptors (Lipinski definition) is 5. The molecule has 0 aliphatic rings. The first kappa shape index (κ1) is 29.1. The van der Waals surface area contributed by atoms with E-state index in [1.165, 1.54) is 22.4 Å². The van der Waals surface area contributed by atoms with E-state index in [9.17, 15) is 22.4 Å². The molecule has 2 rings (SSSR count). The van der Waals surface area contributed by atoms with Gasteiger partial charge in [-0.1, -0.05) is 44.2 Å². The SMILES string of the molecule is COc1ccccc1N(CCCC(=O)N(Cc1ccccc1F)C(C)C(=O)NCC(C)C)S(C)(=O)=O. The van der Waals surface area contributed by atoms with Crippen molar-refractivity contribution in [3.63, 3.8) is 0 Å². The summed E-state index contributed by atoms with van der Waals surface area (Å²) >= 11 is 0. The van der Waals surface area contributed by atoms with Crippen molar-refractivity contribution in [1.82, 2.24) is 10.2 Å². The largest absolute Gasteiger partial charge is 0.495 e. The van der Waals surface area contributed by atoms with Gasteiger partial charge in [-0.25, -0.2) is 12.8 Å². The van der Waals surface area contributed by atoms with E-state index in [1.54, 1.807) is 49.4 Å². The van der Waals surface area contributed by atoms with Gasteiger partial charge in [-0.3, -0.25) is 13.9 Å². The molecular formula is C26H36FN3O5S. The summed E-state index contributed by atoms with van der Waals surface area (Å²) in [6.45, 7) is 5.93. The summed E-state index contributed by atoms with van der Waals surface area (Å²) in [5, 5.41) is 2.82. The van der Waals surface area contributed by atoms with Gasteiger partial charge in [0.15, 0.2) is 0 Å². The number of amides is 2. The van der Waals surface area contributed by atoms with Crippen molar-refractivity contribution < 1.29 is 27.1 Å². The Kier molecular flexibility index (Phi) is 10.7. The van der Waals surface area contributed by atoms with Crippen LogP contribution in [-0.2, 0) is 26.2 Å². The number of para-hydroxylation sites is 2. The third-order valence-corrected chi connectivity index (χ3v) is 6.84. The lowest BCUT2D eigenvalue weighted by atomic mass is 10.1. The number of carbonyl (C=O) groups excluding carboxylic acids is 2. The molecule has 2 amide bonds. The third kappa shape index (κ3) is 8.22. The topological polar surface area (TPSA) is 96.0 Å². The molecule has 36 heavy (non-hydrogen) atoms. The van der Waals surface area contributed by atoms with Crippen LogP contribution in [0.4, 0.5) is 10.1 Å². The summed E-state index contributed by atoms with van der Waals surface area (Å²) in [6, 6.07) is 12.0. The van der Waals surface area contributed by atoms with Crippen molar-refractivity contribution in [2.75, 3.05) is 30.8 Å². The molecule has 1 atom stereocenters. The molecule has 2 aromatic rings. The molecule has 1 unspecified atom stereocenters. The summed E-state index contributed by atoms with van der Waals surface area (Å²) in [4.78, 5) is 27.3. The first-order chi connectivity index (χ1) is 17.0. The Bertz CT molecular complexity index is 1140. The third-order valence-electron chi connectivity index (χ3n) is 5.66. The van der Waals surface area contributed by atoms with Crippen molar-refractivity contribution in [3.05, 3.63) is 59.9 Å². The van der Waals surface area contributed by atoms with Crippen LogP contribution >= 0.6 is 0 Å². The average Bonchev–Trinajstić information content (AvgIpc) is 2.83. The van der Waals surface area contributed by atoms with Crippen LogP contribution in [0, 0.1) is 11.7 Å². The van der Waals surface area contributed by atoms with Gasteiger partial charge in [-0.15, -0.1) is 0 Å². The van der Waals surface area contributed by atoms with E-state index in [1.807, 2.05) is 13.8 Å². The molecule has 10 heteroatoms. The fraction of sp³-hybridized carbons (Fsp3) is 0.462. The summed E-state index contributed by atoms with van der Waals surface area (Å²) < 4.78 is 45.8. The number of rotatable bonds is 13. The monoisotopic (exact) mass is 521 g/mol. The highest BCUT2D eigenvalue weighted by molar-refractivity contribution is 7.92. The Morgan fingerprint density at radius 1 is 1.06 bits per heavy atom. The summed E-state index contributed by atoms with van der Waals surface area (Å²) in [5.41, 5.74) is 0.667. The fourth-order valence-corrected chi connectivity index (χ4v) is 4.63. The van der Waals surface area contributed by atoms with Gasteiger partial charge in [0.1, 0.15) is 17.6 Å². The van der Waals surface area contributed by atoms with Crippen molar-refractivity contribution >= 4 is 27.5 Å². The van der Waals surface area contributed by atoms with E-state index in [0.717, 1.165) is 6.26 Å². The first-order valence-corrected chi connectivity index (χ1v) is 13.7. The van der Waals surface area contributed by atoms with Crippen molar-refractivity contribution in [2.24, 2.45) is 5.92 Å². The van der Waals surface area contributed by atoms with E-state index in [2.05, 4.69) is 5.32 Å². The highest BCUT2D eigenvalue weighted by atomic mass is 32.2. The number of halogens is 1. The Morgan fingerprint density at radius 3 is 2.31 bits per heavy atom. The first-order valence-electron chi connectivity index (χ1n) is 11.9. The molecule has 0 heterocycles. The molecule has 1 N–H and O–H groups in total. The maximum absolute atomic E-state index is 14.4. The van der Waals surface area contributed by atoms with E-state index in [0.29, 0.717) is 23.5 Å². The van der Waals surface area contributed by atoms with Gasteiger partial charge in [0.05, 0.1) is 19.1 Å². The molecule has 0 bridgehead atoms. The zero-order chi connectivity index (χ0) is 26.9. The van der Waals surface area contributed by atoms with Gasteiger partial charge >= 0.3 is 0 Å². The quantitative estimate of drug-likeness (QED) is 0.435. The number of hydrogen-bond donors (Lipinski definition) is 1. The number of methoxy groups -OCH3 is 1. The van der Waals surface area contributed by atoms with Gasteiger partial charge in [-0.05, 0) is 37.5 Å². The number of sulfonamides is 1. The molecule has 2 aromatic carbocycles. The highest BCUT2D eigenvalue weighted by Crippen LogP contribution is 2.29. The maximum atomic E-state index is 14.4. The van der Waals surface area contributed by atoms with Crippen LogP contribution in [0.25, 0.3) is 0 Å². The number of nitrogens with one attached hydrogen (secondary N) is 1. The standard InChI is InChI=1S/C26H36FN3O5S/c1-19(2)17-28-26(32)20(3)29(18-21-11-6-7-12-22(21)27)25(31)15-10-16-30(36(5,33)34)23-13-8-9-14-24(23)35-4/h6-9,11-14,19-20H,10,15-18H2,1-5H3,(H,28,32). The number of anilines is 1. The second kappa shape index (κ2) is 13.2. The van der Waals surface area contributed by atoms with Crippen LogP contribution in [0.3, 0.4) is 0 Å². The van der Waals surface area contributed by atoms with Crippen LogP contribution in [-0.4, -0.2) is 57.6 Å². The van der Waals surface area contributed by atoms with E-state index in [-0.39, 0.29) is 43.7 Å². The van der Waals surface area contributed by atoms with E-state index < -0.39 is 21.9 Å². The molecule has 8 nitrogen and oxygen atoms in total. The number of ether oxygens (including phenoxy) is 1. The van der Waals surface area contributed by atoms with Gasteiger partial charge < -0.3 is 15.0 Å². The minimum Gasteiger partial charge on any atom is -0.495 e. The number of benzene rings is 2. The molecule has 0 radical (unpaired) electrons. The van der Waals surface area contributed by atoms with E-state index >= 15 is 0 Å². The predicted molar refractivity (Wildman–Crippen MR) is 139 cm³/mol. The Morgan fingerprint density at radius 2 is 1.69 bits per heavy atom. The van der Waals surface area contributed by atoms with Crippen LogP contribution in [0.2, 0.25) is 0 Å². The average molecular weight is 522 g/mol. The summed E-state index contributed by atoms with van der Waals surface area (Å²) in [7, 11) is -2.20. The molecule has 0 saturated carbocycles. The summed E-state index contributed by atoms with van der Waals surface area (Å²) in [5.74, 6) is -0.552. The molecule has 0 aliphatic carbocycles. The van der Waals surface area contributed by atoms with Gasteiger partial charge in [0.25, 0.3) is 0 Å². The summed E-state index contributed by atoms with van der Waals surface area (Å²) in [6.07, 6.45) is 1.25. The lowest BCUT2D eigenvalue weighted by Gasteiger charge is -2.30. The predicted octanol–water partition coefficient (Wildman–Crippen LogP) is 3.57. The molecule has 0 aliphatic heterocycles. The minimum absolute atomic E-state index is 0.0303. The lowest BCUT2D eigenvalue weighted by Crippen LogP contribution is -2.48. The second-order valence-electron chi connectivity index (χ2n) is 9.04. The van der Waals surface area contributed by atoms with Crippen molar-refractivity contribution in [2.45, 2.75) is 46.2 Å². The van der Waals surface area contributed by atoms with Crippen LogP contribution < -0.4 is 14.4 Å². The lowest BCUT2D eigenvalue weighted by molar-refractivity contribution is -0.140. The normalized spacial score (nSPS) is 12.2. The molecular weight excluding hydrogens is 485 g/mol. The molecule has 0 aromatic heterocycles. The van der Waals surface area contributed by atoms with Gasteiger partial charge in [-0.2, -0.15) is 0 Å². The van der Waals surface area contributed by atoms with Gasteiger partial charge in [0.2, 0.25) is 21.8 Å². The van der Waals surface area contributed by atoms with E-state index in [4.69, 9.17) is 4.74 Å². The Hall–Kier alpha value is -3.14. The molecule has 198 valence electrons.